The minimum absolute atomic E-state index is 0.132. The number of non-ortho nitro benzene ring substituents is 1. The SMILES string of the molecule is CC(C)C1Oc2ccc([N+](=O)[O-])cc2N(CC(=O)Nc2ccc(Br)cc2)C1=O. The van der Waals surface area contributed by atoms with Crippen molar-refractivity contribution in [2.45, 2.75) is 20.0 Å². The number of ether oxygens (including phenoxy) is 1. The molecule has 2 aromatic carbocycles. The van der Waals surface area contributed by atoms with E-state index in [9.17, 15) is 19.7 Å². The molecule has 3 rings (SSSR count). The van der Waals surface area contributed by atoms with Gasteiger partial charge in [-0.2, -0.15) is 0 Å². The molecular weight excluding hydrogens is 430 g/mol. The van der Waals surface area contributed by atoms with Crippen LogP contribution in [0.4, 0.5) is 17.1 Å². The maximum Gasteiger partial charge on any atom is 0.271 e. The zero-order chi connectivity index (χ0) is 20.4. The fourth-order valence-electron chi connectivity index (χ4n) is 2.85. The third-order valence-corrected chi connectivity index (χ3v) is 4.77. The standard InChI is InChI=1S/C19H18BrN3O5/c1-11(2)18-19(25)22(10-17(24)21-13-5-3-12(20)4-6-13)15-9-14(23(26)27)7-8-16(15)28-18/h3-9,11,18H,10H2,1-2H3,(H,21,24). The van der Waals surface area contributed by atoms with Crippen molar-refractivity contribution in [2.24, 2.45) is 5.92 Å². The molecule has 1 aliphatic rings. The number of carbonyl (C=O) groups is 2. The summed E-state index contributed by atoms with van der Waals surface area (Å²) < 4.78 is 6.60. The van der Waals surface area contributed by atoms with Crippen molar-refractivity contribution >= 4 is 44.8 Å². The van der Waals surface area contributed by atoms with E-state index in [1.807, 2.05) is 13.8 Å². The number of hydrogen-bond donors (Lipinski definition) is 1. The van der Waals surface area contributed by atoms with Gasteiger partial charge >= 0.3 is 0 Å². The molecule has 0 aromatic heterocycles. The topological polar surface area (TPSA) is 102 Å². The normalized spacial score (nSPS) is 15.8. The van der Waals surface area contributed by atoms with E-state index in [1.54, 1.807) is 24.3 Å². The smallest absolute Gasteiger partial charge is 0.271 e. The molecule has 28 heavy (non-hydrogen) atoms. The van der Waals surface area contributed by atoms with Crippen LogP contribution in [0.15, 0.2) is 46.9 Å². The highest BCUT2D eigenvalue weighted by Crippen LogP contribution is 2.38. The maximum absolute atomic E-state index is 12.9. The van der Waals surface area contributed by atoms with Crippen LogP contribution in [0.5, 0.6) is 5.75 Å². The van der Waals surface area contributed by atoms with Crippen LogP contribution < -0.4 is 15.0 Å². The van der Waals surface area contributed by atoms with E-state index in [4.69, 9.17) is 4.74 Å². The summed E-state index contributed by atoms with van der Waals surface area (Å²) in [6, 6.07) is 11.0. The van der Waals surface area contributed by atoms with E-state index in [1.165, 1.54) is 23.1 Å². The van der Waals surface area contributed by atoms with Crippen LogP contribution in [0, 0.1) is 16.0 Å². The number of nitrogens with one attached hydrogen (secondary N) is 1. The van der Waals surface area contributed by atoms with Gasteiger partial charge in [0, 0.05) is 22.3 Å². The molecule has 1 aliphatic heterocycles. The minimum Gasteiger partial charge on any atom is -0.478 e. The fourth-order valence-corrected chi connectivity index (χ4v) is 3.12. The Labute approximate surface area is 169 Å². The third-order valence-electron chi connectivity index (χ3n) is 4.24. The Morgan fingerprint density at radius 3 is 2.57 bits per heavy atom. The Morgan fingerprint density at radius 2 is 1.96 bits per heavy atom. The number of carbonyl (C=O) groups excluding carboxylic acids is 2. The molecule has 1 heterocycles. The van der Waals surface area contributed by atoms with Gasteiger partial charge < -0.3 is 10.1 Å². The van der Waals surface area contributed by atoms with Gasteiger partial charge in [-0.15, -0.1) is 0 Å². The lowest BCUT2D eigenvalue weighted by Crippen LogP contribution is -2.50. The molecule has 0 saturated carbocycles. The van der Waals surface area contributed by atoms with Crippen LogP contribution in [0.1, 0.15) is 13.8 Å². The highest BCUT2D eigenvalue weighted by Gasteiger charge is 2.38. The number of nitrogens with zero attached hydrogens (tertiary/aromatic N) is 2. The van der Waals surface area contributed by atoms with Gasteiger partial charge in [-0.05, 0) is 36.2 Å². The van der Waals surface area contributed by atoms with Gasteiger partial charge in [-0.25, -0.2) is 0 Å². The molecule has 1 unspecified atom stereocenters. The monoisotopic (exact) mass is 447 g/mol. The second-order valence-electron chi connectivity index (χ2n) is 6.67. The van der Waals surface area contributed by atoms with Gasteiger partial charge in [0.05, 0.1) is 10.6 Å². The van der Waals surface area contributed by atoms with Crippen LogP contribution in [0.2, 0.25) is 0 Å². The van der Waals surface area contributed by atoms with Crippen LogP contribution in [-0.4, -0.2) is 29.4 Å². The van der Waals surface area contributed by atoms with Gasteiger partial charge in [-0.3, -0.25) is 24.6 Å². The first kappa shape index (κ1) is 19.8. The van der Waals surface area contributed by atoms with E-state index >= 15 is 0 Å². The quantitative estimate of drug-likeness (QED) is 0.555. The van der Waals surface area contributed by atoms with Gasteiger partial charge in [0.15, 0.2) is 6.10 Å². The number of benzene rings is 2. The van der Waals surface area contributed by atoms with E-state index in [-0.39, 0.29) is 23.8 Å². The zero-order valence-corrected chi connectivity index (χ0v) is 16.8. The largest absolute Gasteiger partial charge is 0.478 e. The summed E-state index contributed by atoms with van der Waals surface area (Å²) in [7, 11) is 0. The van der Waals surface area contributed by atoms with Crippen molar-refractivity contribution in [3.8, 4) is 5.75 Å². The van der Waals surface area contributed by atoms with Crippen LogP contribution in [-0.2, 0) is 9.59 Å². The summed E-state index contributed by atoms with van der Waals surface area (Å²) in [5.74, 6) is -0.625. The van der Waals surface area contributed by atoms with Crippen molar-refractivity contribution in [2.75, 3.05) is 16.8 Å². The first-order chi connectivity index (χ1) is 13.3. The van der Waals surface area contributed by atoms with Crippen LogP contribution in [0.25, 0.3) is 0 Å². The number of hydrogen-bond acceptors (Lipinski definition) is 5. The van der Waals surface area contributed by atoms with Gasteiger partial charge in [-0.1, -0.05) is 29.8 Å². The van der Waals surface area contributed by atoms with Crippen molar-refractivity contribution in [3.05, 3.63) is 57.1 Å². The van der Waals surface area contributed by atoms with Crippen molar-refractivity contribution < 1.29 is 19.2 Å². The minimum atomic E-state index is -0.769. The van der Waals surface area contributed by atoms with E-state index in [0.29, 0.717) is 11.4 Å². The van der Waals surface area contributed by atoms with Gasteiger partial charge in [0.2, 0.25) is 5.91 Å². The van der Waals surface area contributed by atoms with Crippen LogP contribution in [0.3, 0.4) is 0 Å². The summed E-state index contributed by atoms with van der Waals surface area (Å²) >= 11 is 3.32. The first-order valence-corrected chi connectivity index (χ1v) is 9.37. The summed E-state index contributed by atoms with van der Waals surface area (Å²) in [6.45, 7) is 3.38. The number of anilines is 2. The van der Waals surface area contributed by atoms with Crippen molar-refractivity contribution in [3.63, 3.8) is 0 Å². The highest BCUT2D eigenvalue weighted by molar-refractivity contribution is 9.10. The molecular formula is C19H18BrN3O5. The Morgan fingerprint density at radius 1 is 1.29 bits per heavy atom. The molecule has 146 valence electrons. The van der Waals surface area contributed by atoms with Crippen molar-refractivity contribution in [1.29, 1.82) is 0 Å². The molecule has 1 atom stereocenters. The predicted octanol–water partition coefficient (Wildman–Crippen LogP) is 3.75. The molecule has 0 radical (unpaired) electrons. The molecule has 1 N–H and O–H groups in total. The molecule has 2 amide bonds. The predicted molar refractivity (Wildman–Crippen MR) is 107 cm³/mol. The lowest BCUT2D eigenvalue weighted by atomic mass is 10.0. The van der Waals surface area contributed by atoms with Crippen LogP contribution >= 0.6 is 15.9 Å². The molecule has 0 aliphatic carbocycles. The zero-order valence-electron chi connectivity index (χ0n) is 15.2. The average molecular weight is 448 g/mol. The van der Waals surface area contributed by atoms with E-state index < -0.39 is 22.8 Å². The Bertz CT molecular complexity index is 930. The molecule has 9 heteroatoms. The molecule has 0 bridgehead atoms. The van der Waals surface area contributed by atoms with E-state index in [0.717, 1.165) is 4.47 Å². The molecule has 0 spiro atoms. The number of nitro benzene ring substituents is 1. The summed E-state index contributed by atoms with van der Waals surface area (Å²) in [5, 5.41) is 13.8. The summed E-state index contributed by atoms with van der Waals surface area (Å²) in [5.41, 5.74) is 0.604. The number of amides is 2. The van der Waals surface area contributed by atoms with Crippen molar-refractivity contribution in [1.82, 2.24) is 0 Å². The van der Waals surface area contributed by atoms with E-state index in [2.05, 4.69) is 21.2 Å². The Balaban J connectivity index is 1.89. The third kappa shape index (κ3) is 4.14. The number of fused-ring (bicyclic) bond motifs is 1. The highest BCUT2D eigenvalue weighted by atomic mass is 79.9. The van der Waals surface area contributed by atoms with Gasteiger partial charge in [0.1, 0.15) is 12.3 Å². The van der Waals surface area contributed by atoms with Gasteiger partial charge in [0.25, 0.3) is 11.6 Å². The molecule has 8 nitrogen and oxygen atoms in total. The summed E-state index contributed by atoms with van der Waals surface area (Å²) in [4.78, 5) is 37.2. The number of rotatable bonds is 5. The first-order valence-electron chi connectivity index (χ1n) is 8.58. The molecule has 0 saturated heterocycles. The average Bonchev–Trinajstić information content (AvgIpc) is 2.65. The second-order valence-corrected chi connectivity index (χ2v) is 7.59. The lowest BCUT2D eigenvalue weighted by Gasteiger charge is -2.35. The Kier molecular flexibility index (Phi) is 5.64. The molecule has 0 fully saturated rings. The Hall–Kier alpha value is -2.94. The maximum atomic E-state index is 12.9. The fraction of sp³-hybridized carbons (Fsp3) is 0.263. The second kappa shape index (κ2) is 7.97. The number of halogens is 1. The lowest BCUT2D eigenvalue weighted by molar-refractivity contribution is -0.384. The molecule has 2 aromatic rings. The number of nitro groups is 1. The summed E-state index contributed by atoms with van der Waals surface area (Å²) in [6.07, 6.45) is -0.769.